The fourth-order valence-corrected chi connectivity index (χ4v) is 7.48. The number of ether oxygens (including phenoxy) is 3. The molecule has 1 aromatic carbocycles. The van der Waals surface area contributed by atoms with Crippen molar-refractivity contribution in [3.63, 3.8) is 0 Å². The van der Waals surface area contributed by atoms with Gasteiger partial charge in [-0.05, 0) is 70.6 Å². The van der Waals surface area contributed by atoms with Crippen LogP contribution in [0.5, 0.6) is 0 Å². The summed E-state index contributed by atoms with van der Waals surface area (Å²) in [4.78, 5) is 26.6. The Morgan fingerprint density at radius 1 is 1.26 bits per heavy atom. The second kappa shape index (κ2) is 8.39. The summed E-state index contributed by atoms with van der Waals surface area (Å²) in [5.74, 6) is -1.67. The maximum atomic E-state index is 14.0. The molecule has 0 spiro atoms. The van der Waals surface area contributed by atoms with E-state index in [9.17, 15) is 18.0 Å². The largest absolute Gasteiger partial charge is 0.469 e. The van der Waals surface area contributed by atoms with Crippen LogP contribution in [0.4, 0.5) is 0 Å². The highest BCUT2D eigenvalue weighted by molar-refractivity contribution is 7.93. The number of hydrogen-bond donors (Lipinski definition) is 0. The Hall–Kier alpha value is -2.19. The van der Waals surface area contributed by atoms with E-state index < -0.39 is 44.0 Å². The smallest absolute Gasteiger partial charge is 0.311 e. The van der Waals surface area contributed by atoms with Gasteiger partial charge in [0.15, 0.2) is 21.9 Å². The lowest BCUT2D eigenvalue weighted by molar-refractivity contribution is -0.151. The Labute approximate surface area is 183 Å². The van der Waals surface area contributed by atoms with Gasteiger partial charge in [0.05, 0.1) is 17.4 Å². The molecule has 0 aliphatic heterocycles. The molecule has 0 radical (unpaired) electrons. The number of benzene rings is 1. The van der Waals surface area contributed by atoms with Crippen molar-refractivity contribution in [3.8, 4) is 0 Å². The van der Waals surface area contributed by atoms with Crippen LogP contribution in [-0.4, -0.2) is 44.9 Å². The van der Waals surface area contributed by atoms with Gasteiger partial charge in [-0.1, -0.05) is 18.2 Å². The van der Waals surface area contributed by atoms with Crippen molar-refractivity contribution in [3.05, 3.63) is 41.7 Å². The number of esters is 1. The number of Topliss-reactive ketones (excluding diaryl/α,β-unsaturated/α-hetero) is 1. The molecule has 0 aromatic heterocycles. The van der Waals surface area contributed by atoms with Crippen LogP contribution in [0.1, 0.15) is 47.0 Å². The average molecular weight is 451 g/mol. The lowest BCUT2D eigenvalue weighted by Crippen LogP contribution is -2.53. The van der Waals surface area contributed by atoms with Gasteiger partial charge in [-0.3, -0.25) is 9.59 Å². The van der Waals surface area contributed by atoms with Crippen molar-refractivity contribution in [2.45, 2.75) is 62.9 Å². The summed E-state index contributed by atoms with van der Waals surface area (Å²) in [5, 5.41) is 0. The summed E-state index contributed by atoms with van der Waals surface area (Å²) >= 11 is 0. The number of allylic oxidation sites excluding steroid dienone is 2. The van der Waals surface area contributed by atoms with E-state index in [2.05, 4.69) is 0 Å². The fraction of sp³-hybridized carbons (Fsp3) is 0.565. The van der Waals surface area contributed by atoms with Gasteiger partial charge in [-0.15, -0.1) is 0 Å². The van der Waals surface area contributed by atoms with Crippen molar-refractivity contribution in [2.24, 2.45) is 11.3 Å². The molecule has 3 rings (SSSR count). The molecule has 170 valence electrons. The maximum absolute atomic E-state index is 14.0. The highest BCUT2D eigenvalue weighted by Gasteiger charge is 2.68. The molecule has 0 N–H and O–H groups in total. The van der Waals surface area contributed by atoms with E-state index in [1.807, 2.05) is 0 Å². The minimum Gasteiger partial charge on any atom is -0.469 e. The minimum atomic E-state index is -4.14. The molecule has 8 heteroatoms. The zero-order chi connectivity index (χ0) is 23.0. The van der Waals surface area contributed by atoms with Crippen molar-refractivity contribution in [1.82, 2.24) is 0 Å². The van der Waals surface area contributed by atoms with Gasteiger partial charge in [0.1, 0.15) is 4.75 Å². The van der Waals surface area contributed by atoms with Gasteiger partial charge in [0.25, 0.3) is 0 Å². The Morgan fingerprint density at radius 3 is 2.48 bits per heavy atom. The van der Waals surface area contributed by atoms with Crippen LogP contribution in [0.25, 0.3) is 0 Å². The van der Waals surface area contributed by atoms with Crippen LogP contribution in [-0.2, 0) is 33.6 Å². The number of rotatable bonds is 7. The number of sulfone groups is 1. The van der Waals surface area contributed by atoms with E-state index in [-0.39, 0.29) is 23.5 Å². The lowest BCUT2D eigenvalue weighted by atomic mass is 9.79. The SMILES string of the molecule is CCO[C@H](C)OC1=C(C)C[C@@H]2C[C@](C)(C(=O)OC)C[C@]2(S(=O)(=O)c2ccccc2)C1=O. The van der Waals surface area contributed by atoms with Crippen LogP contribution in [0.15, 0.2) is 46.6 Å². The molecule has 31 heavy (non-hydrogen) atoms. The molecule has 1 fully saturated rings. The number of carbonyl (C=O) groups is 2. The third-order valence-electron chi connectivity index (χ3n) is 6.44. The molecule has 0 unspecified atom stereocenters. The summed E-state index contributed by atoms with van der Waals surface area (Å²) < 4.78 is 42.4. The van der Waals surface area contributed by atoms with Crippen LogP contribution >= 0.6 is 0 Å². The number of fused-ring (bicyclic) bond motifs is 1. The molecule has 0 bridgehead atoms. The molecule has 0 amide bonds. The van der Waals surface area contributed by atoms with Crippen molar-refractivity contribution < 1.29 is 32.2 Å². The molecule has 1 aromatic rings. The van der Waals surface area contributed by atoms with E-state index in [1.54, 1.807) is 45.9 Å². The third-order valence-corrected chi connectivity index (χ3v) is 8.95. The predicted molar refractivity (Wildman–Crippen MR) is 114 cm³/mol. The Morgan fingerprint density at radius 2 is 1.90 bits per heavy atom. The lowest BCUT2D eigenvalue weighted by Gasteiger charge is -2.38. The van der Waals surface area contributed by atoms with Gasteiger partial charge in [0.2, 0.25) is 5.78 Å². The van der Waals surface area contributed by atoms with Gasteiger partial charge < -0.3 is 14.2 Å². The van der Waals surface area contributed by atoms with Crippen LogP contribution in [0.3, 0.4) is 0 Å². The molecule has 0 heterocycles. The zero-order valence-corrected chi connectivity index (χ0v) is 19.5. The predicted octanol–water partition coefficient (Wildman–Crippen LogP) is 3.43. The van der Waals surface area contributed by atoms with Crippen molar-refractivity contribution in [2.75, 3.05) is 13.7 Å². The van der Waals surface area contributed by atoms with Crippen LogP contribution in [0.2, 0.25) is 0 Å². The van der Waals surface area contributed by atoms with Crippen LogP contribution < -0.4 is 0 Å². The fourth-order valence-electron chi connectivity index (χ4n) is 5.09. The number of methoxy groups -OCH3 is 1. The first-order valence-corrected chi connectivity index (χ1v) is 11.9. The zero-order valence-electron chi connectivity index (χ0n) is 18.6. The number of carbonyl (C=O) groups excluding carboxylic acids is 2. The van der Waals surface area contributed by atoms with E-state index in [0.29, 0.717) is 18.6 Å². The third kappa shape index (κ3) is 3.69. The summed E-state index contributed by atoms with van der Waals surface area (Å²) in [6.45, 7) is 7.29. The van der Waals surface area contributed by atoms with E-state index in [0.717, 1.165) is 0 Å². The van der Waals surface area contributed by atoms with E-state index >= 15 is 0 Å². The standard InChI is InChI=1S/C23H30O7S/c1-6-29-16(3)30-19-15(2)12-17-13-22(4,21(25)28-5)14-23(17,20(19)24)31(26,27)18-10-8-7-9-11-18/h7-11,16-17H,6,12-14H2,1-5H3/t16-,17+,22-,23+/m0/s1. The Balaban J connectivity index is 2.18. The maximum Gasteiger partial charge on any atom is 0.311 e. The van der Waals surface area contributed by atoms with Crippen molar-refractivity contribution in [1.29, 1.82) is 0 Å². The molecule has 0 saturated heterocycles. The van der Waals surface area contributed by atoms with Gasteiger partial charge in [0, 0.05) is 6.61 Å². The Kier molecular flexibility index (Phi) is 6.35. The first-order chi connectivity index (χ1) is 14.5. The normalized spacial score (nSPS) is 29.5. The number of ketones is 1. The summed E-state index contributed by atoms with van der Waals surface area (Å²) in [5.41, 5.74) is -0.437. The summed E-state index contributed by atoms with van der Waals surface area (Å²) in [7, 11) is -2.86. The summed E-state index contributed by atoms with van der Waals surface area (Å²) in [6.07, 6.45) is -0.293. The van der Waals surface area contributed by atoms with Gasteiger partial charge in [-0.2, -0.15) is 0 Å². The van der Waals surface area contributed by atoms with E-state index in [1.165, 1.54) is 19.2 Å². The molecule has 2 aliphatic rings. The average Bonchev–Trinajstić information content (AvgIpc) is 3.06. The highest BCUT2D eigenvalue weighted by atomic mass is 32.2. The summed E-state index contributed by atoms with van der Waals surface area (Å²) in [6, 6.07) is 7.92. The topological polar surface area (TPSA) is 96.0 Å². The second-order valence-electron chi connectivity index (χ2n) is 8.62. The molecule has 1 saturated carbocycles. The van der Waals surface area contributed by atoms with Crippen LogP contribution in [0, 0.1) is 11.3 Å². The first-order valence-electron chi connectivity index (χ1n) is 10.4. The minimum absolute atomic E-state index is 0.0193. The number of hydrogen-bond acceptors (Lipinski definition) is 7. The van der Waals surface area contributed by atoms with Gasteiger partial charge >= 0.3 is 5.97 Å². The molecular formula is C23H30O7S. The van der Waals surface area contributed by atoms with Crippen molar-refractivity contribution >= 4 is 21.6 Å². The molecule has 4 atom stereocenters. The first kappa shape index (κ1) is 23.5. The Bertz CT molecular complexity index is 998. The molecule has 7 nitrogen and oxygen atoms in total. The second-order valence-corrected chi connectivity index (χ2v) is 10.8. The highest BCUT2D eigenvalue weighted by Crippen LogP contribution is 2.59. The molecule has 2 aliphatic carbocycles. The monoisotopic (exact) mass is 450 g/mol. The van der Waals surface area contributed by atoms with Gasteiger partial charge in [-0.25, -0.2) is 8.42 Å². The van der Waals surface area contributed by atoms with E-state index in [4.69, 9.17) is 14.2 Å². The quantitative estimate of drug-likeness (QED) is 0.464. The molecular weight excluding hydrogens is 420 g/mol.